The number of benzene rings is 1. The molecule has 3 nitrogen and oxygen atoms in total. The van der Waals surface area contributed by atoms with Gasteiger partial charge in [0, 0.05) is 5.56 Å². The molecule has 0 bridgehead atoms. The maximum Gasteiger partial charge on any atom is 0.237 e. The third-order valence-corrected chi connectivity index (χ3v) is 2.56. The Morgan fingerprint density at radius 2 is 1.79 bits per heavy atom. The van der Waals surface area contributed by atoms with E-state index in [9.17, 15) is 9.59 Å². The second-order valence-corrected chi connectivity index (χ2v) is 3.95. The average Bonchev–Trinajstić information content (AvgIpc) is 2.15. The molecule has 72 valence electrons. The molecule has 0 spiro atoms. The number of carbonyl (C=O) groups is 2. The number of rotatable bonds is 0. The predicted molar refractivity (Wildman–Crippen MR) is 53.2 cm³/mol. The molecule has 1 heterocycles. The largest absolute Gasteiger partial charge is 0.325 e. The van der Waals surface area contributed by atoms with Crippen LogP contribution >= 0.6 is 0 Å². The Labute approximate surface area is 82.1 Å². The molecule has 0 radical (unpaired) electrons. The first-order chi connectivity index (χ1) is 6.53. The van der Waals surface area contributed by atoms with Crippen molar-refractivity contribution in [3.05, 3.63) is 29.8 Å². The lowest BCUT2D eigenvalue weighted by Crippen LogP contribution is -2.42. The fourth-order valence-corrected chi connectivity index (χ4v) is 1.51. The van der Waals surface area contributed by atoms with E-state index in [0.29, 0.717) is 11.3 Å². The molecule has 1 aromatic rings. The monoisotopic (exact) mass is 189 g/mol. The maximum absolute atomic E-state index is 11.9. The fraction of sp³-hybridized carbons (Fsp3) is 0.273. The van der Waals surface area contributed by atoms with Crippen LogP contribution in [0.25, 0.3) is 0 Å². The second-order valence-electron chi connectivity index (χ2n) is 3.95. The number of para-hydroxylation sites is 1. The van der Waals surface area contributed by atoms with Crippen molar-refractivity contribution in [1.29, 1.82) is 0 Å². The molecular weight excluding hydrogens is 178 g/mol. The maximum atomic E-state index is 11.9. The molecule has 14 heavy (non-hydrogen) atoms. The number of ketones is 1. The first-order valence-corrected chi connectivity index (χ1v) is 4.49. The number of hydrogen-bond donors (Lipinski definition) is 1. The van der Waals surface area contributed by atoms with Gasteiger partial charge in [0.2, 0.25) is 5.91 Å². The van der Waals surface area contributed by atoms with Gasteiger partial charge < -0.3 is 5.32 Å². The molecule has 0 fully saturated rings. The summed E-state index contributed by atoms with van der Waals surface area (Å²) in [7, 11) is 0. The van der Waals surface area contributed by atoms with E-state index in [1.165, 1.54) is 0 Å². The second kappa shape index (κ2) is 2.67. The molecule has 0 aromatic heterocycles. The van der Waals surface area contributed by atoms with Gasteiger partial charge in [-0.1, -0.05) is 12.1 Å². The zero-order valence-electron chi connectivity index (χ0n) is 8.13. The van der Waals surface area contributed by atoms with E-state index >= 15 is 0 Å². The van der Waals surface area contributed by atoms with Crippen LogP contribution in [0.2, 0.25) is 0 Å². The van der Waals surface area contributed by atoms with Crippen LogP contribution in [-0.4, -0.2) is 11.7 Å². The Kier molecular flexibility index (Phi) is 1.71. The SMILES string of the molecule is CC1(C)C(=O)Nc2ccccc2C1=O. The van der Waals surface area contributed by atoms with Gasteiger partial charge in [0.15, 0.2) is 5.78 Å². The topological polar surface area (TPSA) is 46.2 Å². The summed E-state index contributed by atoms with van der Waals surface area (Å²) >= 11 is 0. The first-order valence-electron chi connectivity index (χ1n) is 4.49. The van der Waals surface area contributed by atoms with Gasteiger partial charge in [0.05, 0.1) is 5.69 Å². The molecular formula is C11H11NO2. The van der Waals surface area contributed by atoms with Crippen LogP contribution in [0.15, 0.2) is 24.3 Å². The third kappa shape index (κ3) is 1.05. The quantitative estimate of drug-likeness (QED) is 0.633. The predicted octanol–water partition coefficient (Wildman–Crippen LogP) is 1.85. The number of Topliss-reactive ketones (excluding diaryl/α,β-unsaturated/α-hetero) is 1. The Morgan fingerprint density at radius 3 is 2.50 bits per heavy atom. The third-order valence-electron chi connectivity index (χ3n) is 2.56. The van der Waals surface area contributed by atoms with Crippen molar-refractivity contribution < 1.29 is 9.59 Å². The number of anilines is 1. The molecule has 3 heteroatoms. The van der Waals surface area contributed by atoms with Gasteiger partial charge >= 0.3 is 0 Å². The molecule has 1 aliphatic rings. The highest BCUT2D eigenvalue weighted by atomic mass is 16.2. The molecule has 1 N–H and O–H groups in total. The summed E-state index contributed by atoms with van der Waals surface area (Å²) in [5.41, 5.74) is 0.257. The van der Waals surface area contributed by atoms with Crippen LogP contribution in [0.4, 0.5) is 5.69 Å². The van der Waals surface area contributed by atoms with E-state index in [1.807, 2.05) is 0 Å². The van der Waals surface area contributed by atoms with Crippen LogP contribution in [0.3, 0.4) is 0 Å². The minimum atomic E-state index is -0.950. The molecule has 1 aliphatic heterocycles. The summed E-state index contributed by atoms with van der Waals surface area (Å²) < 4.78 is 0. The molecule has 0 saturated carbocycles. The van der Waals surface area contributed by atoms with Gasteiger partial charge in [-0.25, -0.2) is 0 Å². The molecule has 0 saturated heterocycles. The van der Waals surface area contributed by atoms with Gasteiger partial charge in [0.1, 0.15) is 5.41 Å². The van der Waals surface area contributed by atoms with Crippen molar-refractivity contribution in [3.8, 4) is 0 Å². The highest BCUT2D eigenvalue weighted by Crippen LogP contribution is 2.32. The van der Waals surface area contributed by atoms with Gasteiger partial charge in [0.25, 0.3) is 0 Å². The number of carbonyl (C=O) groups excluding carboxylic acids is 2. The van der Waals surface area contributed by atoms with Crippen molar-refractivity contribution >= 4 is 17.4 Å². The van der Waals surface area contributed by atoms with Crippen LogP contribution in [-0.2, 0) is 4.79 Å². The van der Waals surface area contributed by atoms with E-state index < -0.39 is 5.41 Å². The molecule has 0 aliphatic carbocycles. The van der Waals surface area contributed by atoms with E-state index in [1.54, 1.807) is 38.1 Å². The Balaban J connectivity index is 2.61. The zero-order chi connectivity index (χ0) is 10.3. The van der Waals surface area contributed by atoms with Crippen LogP contribution in [0.5, 0.6) is 0 Å². The Bertz CT molecular complexity index is 421. The number of fused-ring (bicyclic) bond motifs is 1. The number of nitrogens with one attached hydrogen (secondary N) is 1. The van der Waals surface area contributed by atoms with Crippen LogP contribution < -0.4 is 5.32 Å². The lowest BCUT2D eigenvalue weighted by Gasteiger charge is -2.28. The molecule has 1 amide bonds. The average molecular weight is 189 g/mol. The Morgan fingerprint density at radius 1 is 1.14 bits per heavy atom. The summed E-state index contributed by atoms with van der Waals surface area (Å²) in [4.78, 5) is 23.4. The van der Waals surface area contributed by atoms with E-state index in [2.05, 4.69) is 5.32 Å². The smallest absolute Gasteiger partial charge is 0.237 e. The van der Waals surface area contributed by atoms with Crippen molar-refractivity contribution in [2.24, 2.45) is 5.41 Å². The van der Waals surface area contributed by atoms with Gasteiger partial charge in [-0.15, -0.1) is 0 Å². The molecule has 0 unspecified atom stereocenters. The summed E-state index contributed by atoms with van der Waals surface area (Å²) in [5.74, 6) is -0.349. The summed E-state index contributed by atoms with van der Waals surface area (Å²) in [6.07, 6.45) is 0. The summed E-state index contributed by atoms with van der Waals surface area (Å²) in [6, 6.07) is 7.06. The van der Waals surface area contributed by atoms with Gasteiger partial charge in [-0.2, -0.15) is 0 Å². The van der Waals surface area contributed by atoms with Crippen molar-refractivity contribution in [2.75, 3.05) is 5.32 Å². The Hall–Kier alpha value is -1.64. The van der Waals surface area contributed by atoms with Crippen molar-refractivity contribution in [3.63, 3.8) is 0 Å². The fourth-order valence-electron chi connectivity index (χ4n) is 1.51. The number of hydrogen-bond acceptors (Lipinski definition) is 2. The molecule has 2 rings (SSSR count). The summed E-state index contributed by atoms with van der Waals surface area (Å²) in [5, 5.41) is 2.72. The lowest BCUT2D eigenvalue weighted by atomic mass is 9.80. The number of amides is 1. The molecule has 1 aromatic carbocycles. The standard InChI is InChI=1S/C11H11NO2/c1-11(2)9(13)7-5-3-4-6-8(7)12-10(11)14/h3-6H,1-2H3,(H,12,14). The lowest BCUT2D eigenvalue weighted by molar-refractivity contribution is -0.122. The minimum absolute atomic E-state index is 0.114. The first kappa shape index (κ1) is 8.94. The van der Waals surface area contributed by atoms with E-state index in [-0.39, 0.29) is 11.7 Å². The van der Waals surface area contributed by atoms with Crippen molar-refractivity contribution in [1.82, 2.24) is 0 Å². The van der Waals surface area contributed by atoms with Crippen LogP contribution in [0, 0.1) is 5.41 Å². The van der Waals surface area contributed by atoms with E-state index in [4.69, 9.17) is 0 Å². The normalized spacial score (nSPS) is 18.7. The minimum Gasteiger partial charge on any atom is -0.325 e. The highest BCUT2D eigenvalue weighted by Gasteiger charge is 2.41. The van der Waals surface area contributed by atoms with Crippen molar-refractivity contribution in [2.45, 2.75) is 13.8 Å². The highest BCUT2D eigenvalue weighted by molar-refractivity contribution is 6.23. The summed E-state index contributed by atoms with van der Waals surface area (Å²) in [6.45, 7) is 3.28. The van der Waals surface area contributed by atoms with Crippen LogP contribution in [0.1, 0.15) is 24.2 Å². The van der Waals surface area contributed by atoms with Gasteiger partial charge in [-0.3, -0.25) is 9.59 Å². The van der Waals surface area contributed by atoms with Gasteiger partial charge in [-0.05, 0) is 26.0 Å². The molecule has 0 atom stereocenters. The van der Waals surface area contributed by atoms with E-state index in [0.717, 1.165) is 0 Å². The zero-order valence-corrected chi connectivity index (χ0v) is 8.13.